The molecule has 1 amide bonds. The van der Waals surface area contributed by atoms with Crippen molar-refractivity contribution in [3.63, 3.8) is 0 Å². The van der Waals surface area contributed by atoms with E-state index in [2.05, 4.69) is 15.3 Å². The van der Waals surface area contributed by atoms with Crippen LogP contribution < -0.4 is 5.32 Å². The van der Waals surface area contributed by atoms with E-state index in [1.165, 1.54) is 12.4 Å². The topological polar surface area (TPSA) is 98.0 Å². The molecule has 0 aliphatic rings. The van der Waals surface area contributed by atoms with Gasteiger partial charge in [0, 0.05) is 36.1 Å². The Hall–Kier alpha value is -2.83. The van der Waals surface area contributed by atoms with Crippen molar-refractivity contribution in [1.29, 1.82) is 0 Å². The van der Waals surface area contributed by atoms with E-state index in [1.807, 2.05) is 0 Å². The second kappa shape index (κ2) is 6.56. The molecule has 108 valence electrons. The minimum absolute atomic E-state index is 0.0564. The number of nitro groups is 1. The fraction of sp³-hybridized carbons (Fsp3) is 0.214. The van der Waals surface area contributed by atoms with Gasteiger partial charge in [0.2, 0.25) is 0 Å². The van der Waals surface area contributed by atoms with Crippen LogP contribution in [0.15, 0.2) is 36.9 Å². The molecule has 0 aliphatic heterocycles. The lowest BCUT2D eigenvalue weighted by Crippen LogP contribution is -2.25. The van der Waals surface area contributed by atoms with Crippen molar-refractivity contribution in [3.8, 4) is 0 Å². The van der Waals surface area contributed by atoms with Crippen LogP contribution in [0.5, 0.6) is 0 Å². The van der Waals surface area contributed by atoms with E-state index in [0.29, 0.717) is 18.5 Å². The van der Waals surface area contributed by atoms with Crippen LogP contribution in [-0.4, -0.2) is 27.3 Å². The van der Waals surface area contributed by atoms with Crippen LogP contribution in [0, 0.1) is 17.0 Å². The van der Waals surface area contributed by atoms with Gasteiger partial charge in [-0.15, -0.1) is 0 Å². The van der Waals surface area contributed by atoms with E-state index >= 15 is 0 Å². The Balaban J connectivity index is 1.97. The minimum Gasteiger partial charge on any atom is -0.352 e. The number of nitrogens with one attached hydrogen (secondary N) is 1. The van der Waals surface area contributed by atoms with Crippen LogP contribution in [0.1, 0.15) is 21.5 Å². The molecule has 0 saturated heterocycles. The third-order valence-corrected chi connectivity index (χ3v) is 2.98. The van der Waals surface area contributed by atoms with Crippen molar-refractivity contribution < 1.29 is 9.72 Å². The predicted octanol–water partition coefficient (Wildman–Crippen LogP) is 1.67. The first kappa shape index (κ1) is 14.6. The Morgan fingerprint density at radius 2 is 2.05 bits per heavy atom. The van der Waals surface area contributed by atoms with E-state index in [0.717, 1.165) is 5.56 Å². The van der Waals surface area contributed by atoms with Gasteiger partial charge in [-0.1, -0.05) is 6.07 Å². The first-order chi connectivity index (χ1) is 10.1. The van der Waals surface area contributed by atoms with Gasteiger partial charge < -0.3 is 5.32 Å². The van der Waals surface area contributed by atoms with Crippen molar-refractivity contribution in [3.05, 3.63) is 63.7 Å². The molecule has 0 radical (unpaired) electrons. The lowest BCUT2D eigenvalue weighted by Gasteiger charge is -2.06. The summed E-state index contributed by atoms with van der Waals surface area (Å²) in [7, 11) is 0. The van der Waals surface area contributed by atoms with E-state index in [4.69, 9.17) is 0 Å². The maximum Gasteiger partial charge on any atom is 0.273 e. The van der Waals surface area contributed by atoms with Gasteiger partial charge in [0.25, 0.3) is 11.6 Å². The second-order valence-electron chi connectivity index (χ2n) is 4.51. The van der Waals surface area contributed by atoms with Gasteiger partial charge in [0.15, 0.2) is 0 Å². The summed E-state index contributed by atoms with van der Waals surface area (Å²) in [6, 6.07) is 4.43. The zero-order chi connectivity index (χ0) is 15.2. The van der Waals surface area contributed by atoms with Crippen molar-refractivity contribution in [1.82, 2.24) is 15.3 Å². The van der Waals surface area contributed by atoms with Crippen molar-refractivity contribution in [2.24, 2.45) is 0 Å². The number of rotatable bonds is 5. The van der Waals surface area contributed by atoms with Gasteiger partial charge in [0.1, 0.15) is 6.33 Å². The lowest BCUT2D eigenvalue weighted by molar-refractivity contribution is -0.385. The number of nitro benzene ring substituents is 1. The molecular weight excluding hydrogens is 272 g/mol. The van der Waals surface area contributed by atoms with E-state index < -0.39 is 4.92 Å². The highest BCUT2D eigenvalue weighted by molar-refractivity contribution is 5.94. The van der Waals surface area contributed by atoms with Crippen LogP contribution in [-0.2, 0) is 6.42 Å². The average molecular weight is 286 g/mol. The highest BCUT2D eigenvalue weighted by Crippen LogP contribution is 2.19. The molecule has 0 saturated carbocycles. The van der Waals surface area contributed by atoms with E-state index in [-0.39, 0.29) is 17.2 Å². The zero-order valence-corrected chi connectivity index (χ0v) is 11.4. The third kappa shape index (κ3) is 3.82. The van der Waals surface area contributed by atoms with Crippen molar-refractivity contribution in [2.75, 3.05) is 6.54 Å². The van der Waals surface area contributed by atoms with Crippen LogP contribution in [0.25, 0.3) is 0 Å². The molecule has 1 heterocycles. The normalized spacial score (nSPS) is 10.1. The molecule has 0 atom stereocenters. The Morgan fingerprint density at radius 3 is 2.71 bits per heavy atom. The molecule has 1 aromatic heterocycles. The summed E-state index contributed by atoms with van der Waals surface area (Å²) in [6.45, 7) is 2.04. The molecule has 21 heavy (non-hydrogen) atoms. The number of hydrogen-bond donors (Lipinski definition) is 1. The summed E-state index contributed by atoms with van der Waals surface area (Å²) in [5.41, 5.74) is 1.65. The fourth-order valence-electron chi connectivity index (χ4n) is 1.83. The molecule has 0 spiro atoms. The average Bonchev–Trinajstić information content (AvgIpc) is 2.48. The number of carbonyl (C=O) groups excluding carboxylic acids is 1. The van der Waals surface area contributed by atoms with Gasteiger partial charge in [-0.25, -0.2) is 9.97 Å². The predicted molar refractivity (Wildman–Crippen MR) is 75.9 cm³/mol. The van der Waals surface area contributed by atoms with E-state index in [1.54, 1.807) is 31.5 Å². The summed E-state index contributed by atoms with van der Waals surface area (Å²) in [5.74, 6) is -0.338. The zero-order valence-electron chi connectivity index (χ0n) is 11.4. The maximum absolute atomic E-state index is 12.0. The molecular formula is C14H14N4O3. The van der Waals surface area contributed by atoms with Gasteiger partial charge in [-0.3, -0.25) is 14.9 Å². The highest BCUT2D eigenvalue weighted by Gasteiger charge is 2.14. The number of benzene rings is 1. The van der Waals surface area contributed by atoms with Crippen LogP contribution >= 0.6 is 0 Å². The number of carbonyl (C=O) groups is 1. The molecule has 2 rings (SSSR count). The standard InChI is InChI=1S/C14H14N4O3/c1-10-2-3-12(6-13(10)18(20)21)14(19)17-5-4-11-7-15-9-16-8-11/h2-3,6-9H,4-5H2,1H3,(H,17,19). The fourth-order valence-corrected chi connectivity index (χ4v) is 1.83. The Kier molecular flexibility index (Phi) is 4.55. The summed E-state index contributed by atoms with van der Waals surface area (Å²) in [5, 5.41) is 13.6. The molecule has 7 heteroatoms. The quantitative estimate of drug-likeness (QED) is 0.666. The largest absolute Gasteiger partial charge is 0.352 e. The van der Waals surface area contributed by atoms with Crippen LogP contribution in [0.3, 0.4) is 0 Å². The van der Waals surface area contributed by atoms with Crippen LogP contribution in [0.4, 0.5) is 5.69 Å². The Labute approximate surface area is 121 Å². The van der Waals surface area contributed by atoms with Crippen LogP contribution in [0.2, 0.25) is 0 Å². The van der Waals surface area contributed by atoms with E-state index in [9.17, 15) is 14.9 Å². The van der Waals surface area contributed by atoms with Gasteiger partial charge in [0.05, 0.1) is 4.92 Å². The Morgan fingerprint density at radius 1 is 1.33 bits per heavy atom. The first-order valence-corrected chi connectivity index (χ1v) is 6.35. The Bertz CT molecular complexity index is 659. The summed E-state index contributed by atoms with van der Waals surface area (Å²) in [4.78, 5) is 30.1. The molecule has 0 unspecified atom stereocenters. The third-order valence-electron chi connectivity index (χ3n) is 2.98. The number of amides is 1. The number of nitrogens with zero attached hydrogens (tertiary/aromatic N) is 3. The molecule has 7 nitrogen and oxygen atoms in total. The monoisotopic (exact) mass is 286 g/mol. The molecule has 0 fully saturated rings. The molecule has 0 bridgehead atoms. The molecule has 2 aromatic rings. The smallest absolute Gasteiger partial charge is 0.273 e. The van der Waals surface area contributed by atoms with Gasteiger partial charge in [-0.2, -0.15) is 0 Å². The second-order valence-corrected chi connectivity index (χ2v) is 4.51. The molecule has 1 aromatic carbocycles. The number of aromatic nitrogens is 2. The lowest BCUT2D eigenvalue weighted by atomic mass is 10.1. The molecule has 0 aliphatic carbocycles. The minimum atomic E-state index is -0.493. The van der Waals surface area contributed by atoms with Gasteiger partial charge >= 0.3 is 0 Å². The maximum atomic E-state index is 12.0. The summed E-state index contributed by atoms with van der Waals surface area (Å²) >= 11 is 0. The number of aryl methyl sites for hydroxylation is 1. The van der Waals surface area contributed by atoms with Crippen molar-refractivity contribution >= 4 is 11.6 Å². The summed E-state index contributed by atoms with van der Waals surface area (Å²) in [6.07, 6.45) is 5.39. The summed E-state index contributed by atoms with van der Waals surface area (Å²) < 4.78 is 0. The number of hydrogen-bond acceptors (Lipinski definition) is 5. The first-order valence-electron chi connectivity index (χ1n) is 6.35. The SMILES string of the molecule is Cc1ccc(C(=O)NCCc2cncnc2)cc1[N+](=O)[O-]. The highest BCUT2D eigenvalue weighted by atomic mass is 16.6. The van der Waals surface area contributed by atoms with Gasteiger partial charge in [-0.05, 0) is 25.0 Å². The molecule has 1 N–H and O–H groups in total. The van der Waals surface area contributed by atoms with Crippen molar-refractivity contribution in [2.45, 2.75) is 13.3 Å².